The van der Waals surface area contributed by atoms with Crippen LogP contribution >= 0.6 is 11.3 Å². The number of halogens is 7. The maximum absolute atomic E-state index is 14.5. The molecule has 1 saturated carbocycles. The van der Waals surface area contributed by atoms with Crippen molar-refractivity contribution in [2.45, 2.75) is 45.1 Å². The van der Waals surface area contributed by atoms with E-state index in [-0.39, 0.29) is 76.0 Å². The van der Waals surface area contributed by atoms with Crippen molar-refractivity contribution in [1.82, 2.24) is 55.9 Å². The van der Waals surface area contributed by atoms with Gasteiger partial charge in [-0.3, -0.25) is 49.0 Å². The van der Waals surface area contributed by atoms with Gasteiger partial charge >= 0.3 is 0 Å². The predicted octanol–water partition coefficient (Wildman–Crippen LogP) is 23.5. The average Bonchev–Trinajstić information content (AvgIpc) is 1.66. The molecule has 6 aromatic heterocycles. The number of aryl methyl sites for hydroxylation is 1. The first-order valence-corrected chi connectivity index (χ1v) is 43.4. The van der Waals surface area contributed by atoms with Crippen LogP contribution in [-0.2, 0) is 37.4 Å². The number of nitrogens with zero attached hydrogens (tertiary/aromatic N) is 6. The Kier molecular flexibility index (Phi) is 26.6. The molecule has 1 aliphatic heterocycles. The number of aromatic amines is 4. The molecular formula is C105H81F7N16O5S. The number of anilines is 5. The number of carbonyl (C=O) groups is 5. The Balaban J connectivity index is 0.000000118. The lowest BCUT2D eigenvalue weighted by Gasteiger charge is -2.11. The molecule has 1 atom stereocenters. The van der Waals surface area contributed by atoms with Gasteiger partial charge in [-0.1, -0.05) is 170 Å². The molecule has 0 radical (unpaired) electrons. The number of nitrogens with two attached hydrogens (primary N) is 1. The fraction of sp³-hybridized carbons (Fsp3) is 0.0857. The van der Waals surface area contributed by atoms with Gasteiger partial charge in [0.2, 0.25) is 29.5 Å². The summed E-state index contributed by atoms with van der Waals surface area (Å²) in [7, 11) is 1.73. The second-order valence-electron chi connectivity index (χ2n) is 31.8. The number of amides is 5. The van der Waals surface area contributed by atoms with Crippen molar-refractivity contribution in [2.24, 2.45) is 13.0 Å². The van der Waals surface area contributed by atoms with E-state index in [1.54, 1.807) is 84.6 Å². The lowest BCUT2D eigenvalue weighted by atomic mass is 10.1. The molecule has 0 unspecified atom stereocenters. The summed E-state index contributed by atoms with van der Waals surface area (Å²) in [6, 6.07) is 73.2. The van der Waals surface area contributed by atoms with Gasteiger partial charge in [-0.05, 0) is 194 Å². The highest BCUT2D eigenvalue weighted by Gasteiger charge is 2.31. The molecule has 0 spiro atoms. The summed E-state index contributed by atoms with van der Waals surface area (Å²) >= 11 is 1.50. The molecule has 7 heterocycles. The van der Waals surface area contributed by atoms with Gasteiger partial charge in [0.25, 0.3) is 0 Å². The lowest BCUT2D eigenvalue weighted by molar-refractivity contribution is -0.122. The molecule has 29 heteroatoms. The minimum Gasteiger partial charge on any atom is -0.396 e. The second-order valence-corrected chi connectivity index (χ2v) is 32.9. The van der Waals surface area contributed by atoms with Gasteiger partial charge in [-0.2, -0.15) is 25.5 Å². The Morgan fingerprint density at radius 3 is 1.19 bits per heavy atom. The quantitative estimate of drug-likeness (QED) is 0.0284. The molecule has 13 aromatic carbocycles. The van der Waals surface area contributed by atoms with Crippen LogP contribution in [-0.4, -0.2) is 86.1 Å². The molecule has 5 amide bonds. The predicted molar refractivity (Wildman–Crippen MR) is 521 cm³/mol. The third-order valence-electron chi connectivity index (χ3n) is 22.2. The largest absolute Gasteiger partial charge is 0.396 e. The van der Waals surface area contributed by atoms with Gasteiger partial charge in [-0.25, -0.2) is 30.7 Å². The number of aromatic nitrogens is 10. The first-order chi connectivity index (χ1) is 65.0. The molecule has 0 bridgehead atoms. The molecule has 2 fully saturated rings. The second kappa shape index (κ2) is 40.0. The van der Waals surface area contributed by atoms with E-state index in [4.69, 9.17) is 5.73 Å². The third-order valence-corrected chi connectivity index (χ3v) is 23.1. The van der Waals surface area contributed by atoms with Gasteiger partial charge in [0.1, 0.15) is 46.8 Å². The number of benzene rings is 13. The minimum absolute atomic E-state index is 0.0201. The number of nitrogens with one attached hydrogen (secondary N) is 9. The van der Waals surface area contributed by atoms with Crippen LogP contribution in [0.1, 0.15) is 93.8 Å². The Labute approximate surface area is 764 Å². The van der Waals surface area contributed by atoms with E-state index in [9.17, 15) is 54.7 Å². The number of fused-ring (bicyclic) bond motifs is 8. The van der Waals surface area contributed by atoms with Gasteiger partial charge in [0.05, 0.1) is 90.9 Å². The van der Waals surface area contributed by atoms with Crippen LogP contribution < -0.4 is 32.3 Å². The van der Waals surface area contributed by atoms with Crippen LogP contribution in [0.3, 0.4) is 0 Å². The molecule has 1 saturated heterocycles. The first kappa shape index (κ1) is 89.0. The molecule has 2 aliphatic rings. The maximum Gasteiger partial charge on any atom is 0.247 e. The van der Waals surface area contributed by atoms with E-state index in [1.807, 2.05) is 102 Å². The van der Waals surface area contributed by atoms with Crippen molar-refractivity contribution in [2.75, 3.05) is 27.0 Å². The monoisotopic (exact) mass is 1810 g/mol. The van der Waals surface area contributed by atoms with E-state index >= 15 is 0 Å². The van der Waals surface area contributed by atoms with Crippen LogP contribution in [0.25, 0.3) is 148 Å². The highest BCUT2D eigenvalue weighted by Crippen LogP contribution is 2.35. The van der Waals surface area contributed by atoms with E-state index < -0.39 is 41.0 Å². The molecule has 666 valence electrons. The maximum atomic E-state index is 14.5. The van der Waals surface area contributed by atoms with Crippen LogP contribution in [0.4, 0.5) is 59.2 Å². The van der Waals surface area contributed by atoms with Crippen molar-refractivity contribution in [3.8, 4) is 0 Å². The molecule has 21 nitrogen and oxygen atoms in total. The van der Waals surface area contributed by atoms with Gasteiger partial charge in [0, 0.05) is 88.5 Å². The zero-order valence-electron chi connectivity index (χ0n) is 71.6. The van der Waals surface area contributed by atoms with Crippen molar-refractivity contribution in [3.05, 3.63) is 356 Å². The van der Waals surface area contributed by atoms with Crippen molar-refractivity contribution in [1.29, 1.82) is 0 Å². The smallest absolute Gasteiger partial charge is 0.247 e. The van der Waals surface area contributed by atoms with Crippen LogP contribution in [0.15, 0.2) is 254 Å². The van der Waals surface area contributed by atoms with Crippen LogP contribution in [0, 0.1) is 46.6 Å². The number of nitrogen functional groups attached to an aromatic ring is 1. The molecule has 134 heavy (non-hydrogen) atoms. The summed E-state index contributed by atoms with van der Waals surface area (Å²) in [5, 5.41) is 58.1. The number of thiophene rings is 1. The summed E-state index contributed by atoms with van der Waals surface area (Å²) in [4.78, 5) is 60.0. The first-order valence-electron chi connectivity index (χ1n) is 42.5. The van der Waals surface area contributed by atoms with E-state index in [2.05, 4.69) is 151 Å². The Morgan fingerprint density at radius 1 is 0.403 bits per heavy atom. The SMILES string of the molecule is CC(=O)Nc1cc2c(/C=C/c3cccc(F)c3)n[nH]c2cc1F.Cn1nc(/C=C/c2cccc(F)c2)c2cc(N)c(F)cc21.O=C(Cc1cccs1)Nc1cc2c(/C=C/c3ccc4ccccc4c3)n[nH]c2cc1F.O=C(Nc1cc2c(/C=C/c3ccc4ccccc4c3)n[nH]c2cc1F)C1CC1.O=C1CC[C@@H](C(=O)Nc2cc3c(/C=C/c4ccc5ccccc5c4)n[nH]c3cc2F)N1. The van der Waals surface area contributed by atoms with Crippen molar-refractivity contribution in [3.63, 3.8) is 0 Å². The zero-order chi connectivity index (χ0) is 93.0. The summed E-state index contributed by atoms with van der Waals surface area (Å²) in [6.45, 7) is 1.31. The van der Waals surface area contributed by atoms with E-state index in [1.165, 1.54) is 100 Å². The Morgan fingerprint density at radius 2 is 0.799 bits per heavy atom. The fourth-order valence-electron chi connectivity index (χ4n) is 15.2. The Hall–Kier alpha value is -17.0. The van der Waals surface area contributed by atoms with Crippen molar-refractivity contribution >= 4 is 217 Å². The molecule has 19 aromatic rings. The fourth-order valence-corrected chi connectivity index (χ4v) is 15.9. The normalized spacial score (nSPS) is 13.1. The topological polar surface area (TPSA) is 304 Å². The number of hydrogen-bond donors (Lipinski definition) is 10. The summed E-state index contributed by atoms with van der Waals surface area (Å²) in [5.41, 5.74) is 16.8. The number of H-pyrrole nitrogens is 4. The third kappa shape index (κ3) is 21.6. The highest BCUT2D eigenvalue weighted by atomic mass is 32.1. The molecule has 21 rings (SSSR count). The van der Waals surface area contributed by atoms with Crippen LogP contribution in [0.2, 0.25) is 0 Å². The van der Waals surface area contributed by atoms with Gasteiger partial charge < -0.3 is 32.3 Å². The molecular weight excluding hydrogens is 1730 g/mol. The summed E-state index contributed by atoms with van der Waals surface area (Å²) < 4.78 is 98.5. The molecule has 11 N–H and O–H groups in total. The van der Waals surface area contributed by atoms with Crippen molar-refractivity contribution < 1.29 is 54.7 Å². The Bertz CT molecular complexity index is 7900. The average molecular weight is 1810 g/mol. The number of hydrogen-bond acceptors (Lipinski definition) is 12. The highest BCUT2D eigenvalue weighted by molar-refractivity contribution is 7.10. The standard InChI is InChI=1S/C25H18FN3OS.C24H19FN4O2.C23H18FN3O.C17H13F2N3O.C16H13F2N3/c26-21-15-23-20(14-24(21)27-25(30)13-19-6-3-11-31-19)22(28-29-23)10-8-16-7-9-17-4-1-2-5-18(17)12-16;25-18-13-21-17(12-22(18)27-24(31)20-9-10-23(30)26-20)19(28-29-21)8-6-14-5-7-15-3-1-2-4-16(15)11-14;24-19-13-21-18(12-22(19)25-23(28)16-8-9-16)20(26-27-21)10-6-14-5-7-15-3-1-2-4-17(15)11-14;1-10(23)20-17-8-13-15(21-22-16(13)9-14(17)19)6-5-11-3-2-4-12(18)7-11;1-21-16-9-13(18)14(19)8-12(16)15(20-21)6-5-10-3-2-4-11(17)7-10/h1-12,14-15H,13H2,(H,27,30)(H,28,29);1-8,11-13,20H,9-10H2,(H,26,30)(H,27,31)(H,28,29);1-7,10-13,16H,8-9H2,(H,25,28)(H,26,27);2-9H,1H3,(H,20,23)(H,21,22);2-9H,19H2,1H3/b10-8+;8-6+;10-6+;2*6-5+/t;20-;;;/m.0.../s1. The molecule has 1 aliphatic carbocycles. The number of carbonyl (C=O) groups excluding carboxylic acids is 5. The van der Waals surface area contributed by atoms with Crippen LogP contribution in [0.5, 0.6) is 0 Å². The van der Waals surface area contributed by atoms with Gasteiger partial charge in [0.15, 0.2) is 0 Å². The van der Waals surface area contributed by atoms with E-state index in [0.29, 0.717) is 85.2 Å². The summed E-state index contributed by atoms with van der Waals surface area (Å²) in [5.74, 6) is -4.47. The van der Waals surface area contributed by atoms with E-state index in [0.717, 1.165) is 66.9 Å². The number of rotatable bonds is 18. The lowest BCUT2D eigenvalue weighted by Crippen LogP contribution is -2.37. The summed E-state index contributed by atoms with van der Waals surface area (Å²) in [6.07, 6.45) is 21.1. The zero-order valence-corrected chi connectivity index (χ0v) is 72.4. The minimum atomic E-state index is -0.640. The van der Waals surface area contributed by atoms with Gasteiger partial charge in [-0.15, -0.1) is 11.3 Å².